The van der Waals surface area contributed by atoms with E-state index in [2.05, 4.69) is 47.4 Å². The Labute approximate surface area is 150 Å². The topological polar surface area (TPSA) is 59.2 Å². The van der Waals surface area contributed by atoms with Gasteiger partial charge in [-0.25, -0.2) is 0 Å². The van der Waals surface area contributed by atoms with E-state index in [0.717, 1.165) is 5.56 Å². The van der Waals surface area contributed by atoms with Crippen molar-refractivity contribution in [3.8, 4) is 0 Å². The highest BCUT2D eigenvalue weighted by Gasteiger charge is 2.33. The van der Waals surface area contributed by atoms with Crippen LogP contribution in [0.3, 0.4) is 0 Å². The number of carbonyl (C=O) groups excluding carboxylic acids is 1. The summed E-state index contributed by atoms with van der Waals surface area (Å²) in [6.07, 6.45) is 1.10. The quantitative estimate of drug-likeness (QED) is 0.704. The van der Waals surface area contributed by atoms with Crippen LogP contribution in [0.15, 0.2) is 46.3 Å². The first kappa shape index (κ1) is 16.0. The van der Waals surface area contributed by atoms with Gasteiger partial charge in [-0.1, -0.05) is 41.1 Å². The Hall–Kier alpha value is -2.47. The maximum Gasteiger partial charge on any atom is 0.231 e. The molecule has 3 heterocycles. The fraction of sp³-hybridized carbons (Fsp3) is 0.316. The van der Waals surface area contributed by atoms with Crippen molar-refractivity contribution < 1.29 is 9.32 Å². The van der Waals surface area contributed by atoms with Crippen molar-refractivity contribution in [2.45, 2.75) is 32.2 Å². The van der Waals surface area contributed by atoms with Crippen LogP contribution in [0.1, 0.15) is 40.1 Å². The number of benzene rings is 1. The largest absolute Gasteiger partial charge is 0.339 e. The van der Waals surface area contributed by atoms with Gasteiger partial charge in [-0.3, -0.25) is 4.79 Å². The number of aryl methyl sites for hydroxylation is 1. The molecule has 3 aromatic rings. The molecule has 25 heavy (non-hydrogen) atoms. The molecule has 2 aromatic heterocycles. The zero-order chi connectivity index (χ0) is 17.2. The van der Waals surface area contributed by atoms with Crippen molar-refractivity contribution in [2.24, 2.45) is 0 Å². The molecule has 1 fully saturated rings. The van der Waals surface area contributed by atoms with Crippen LogP contribution < -0.4 is 0 Å². The maximum absolute atomic E-state index is 12.3. The monoisotopic (exact) mass is 353 g/mol. The van der Waals surface area contributed by atoms with Crippen LogP contribution in [0.25, 0.3) is 0 Å². The zero-order valence-electron chi connectivity index (χ0n) is 14.0. The average Bonchev–Trinajstić information content (AvgIpc) is 3.33. The minimum atomic E-state index is 0.0128. The van der Waals surface area contributed by atoms with Gasteiger partial charge in [-0.15, -0.1) is 11.3 Å². The number of thiophene rings is 1. The summed E-state index contributed by atoms with van der Waals surface area (Å²) in [5.41, 5.74) is 2.37. The molecule has 0 aliphatic carbocycles. The fourth-order valence-corrected chi connectivity index (χ4v) is 3.78. The minimum absolute atomic E-state index is 0.0128. The summed E-state index contributed by atoms with van der Waals surface area (Å²) in [6, 6.07) is 12.4. The highest BCUT2D eigenvalue weighted by atomic mass is 32.1. The highest BCUT2D eigenvalue weighted by molar-refractivity contribution is 7.09. The lowest BCUT2D eigenvalue weighted by Crippen LogP contribution is -2.24. The first-order valence-electron chi connectivity index (χ1n) is 8.35. The Bertz CT molecular complexity index is 855. The van der Waals surface area contributed by atoms with Crippen LogP contribution in [0.4, 0.5) is 0 Å². The van der Waals surface area contributed by atoms with E-state index in [-0.39, 0.29) is 11.8 Å². The summed E-state index contributed by atoms with van der Waals surface area (Å²) in [4.78, 5) is 19.9. The van der Waals surface area contributed by atoms with Gasteiger partial charge in [-0.2, -0.15) is 4.98 Å². The summed E-state index contributed by atoms with van der Waals surface area (Å²) in [5, 5.41) is 6.14. The number of hydrogen-bond acceptors (Lipinski definition) is 5. The van der Waals surface area contributed by atoms with E-state index >= 15 is 0 Å². The van der Waals surface area contributed by atoms with Crippen molar-refractivity contribution >= 4 is 17.2 Å². The number of carbonyl (C=O) groups is 1. The van der Waals surface area contributed by atoms with Crippen molar-refractivity contribution in [1.82, 2.24) is 15.0 Å². The molecular weight excluding hydrogens is 334 g/mol. The lowest BCUT2D eigenvalue weighted by Gasteiger charge is -2.16. The third-order valence-electron chi connectivity index (χ3n) is 4.46. The Morgan fingerprint density at radius 1 is 1.28 bits per heavy atom. The fourth-order valence-electron chi connectivity index (χ4n) is 3.08. The van der Waals surface area contributed by atoms with Gasteiger partial charge >= 0.3 is 0 Å². The second-order valence-electron chi connectivity index (χ2n) is 6.46. The first-order chi connectivity index (χ1) is 12.2. The van der Waals surface area contributed by atoms with Gasteiger partial charge in [0.15, 0.2) is 5.82 Å². The molecule has 6 heteroatoms. The molecule has 0 spiro atoms. The number of likely N-dealkylation sites (tertiary alicyclic amines) is 1. The van der Waals surface area contributed by atoms with E-state index in [1.54, 1.807) is 11.3 Å². The van der Waals surface area contributed by atoms with E-state index < -0.39 is 0 Å². The summed E-state index contributed by atoms with van der Waals surface area (Å²) in [7, 11) is 0. The van der Waals surface area contributed by atoms with E-state index in [1.807, 2.05) is 16.3 Å². The Morgan fingerprint density at radius 2 is 2.12 bits per heavy atom. The first-order valence-corrected chi connectivity index (χ1v) is 9.23. The van der Waals surface area contributed by atoms with Crippen molar-refractivity contribution in [1.29, 1.82) is 0 Å². The van der Waals surface area contributed by atoms with Gasteiger partial charge in [0.1, 0.15) is 0 Å². The molecule has 0 N–H and O–H groups in total. The second kappa shape index (κ2) is 6.80. The van der Waals surface area contributed by atoms with Crippen LogP contribution in [0.5, 0.6) is 0 Å². The lowest BCUT2D eigenvalue weighted by atomic mass is 10.1. The molecule has 1 saturated heterocycles. The SMILES string of the molecule is Cc1ccc(CN2CC(c3noc(Cc4cccs4)n3)CC2=O)cc1. The Balaban J connectivity index is 1.41. The predicted octanol–water partition coefficient (Wildman–Crippen LogP) is 3.55. The summed E-state index contributed by atoms with van der Waals surface area (Å²) in [6.45, 7) is 3.34. The Morgan fingerprint density at radius 3 is 2.88 bits per heavy atom. The van der Waals surface area contributed by atoms with Crippen LogP contribution in [0.2, 0.25) is 0 Å². The molecule has 0 bridgehead atoms. The summed E-state index contributed by atoms with van der Waals surface area (Å²) in [5.74, 6) is 1.42. The summed E-state index contributed by atoms with van der Waals surface area (Å²) < 4.78 is 5.37. The van der Waals surface area contributed by atoms with Gasteiger partial charge in [0.05, 0.1) is 6.42 Å². The lowest BCUT2D eigenvalue weighted by molar-refractivity contribution is -0.128. The number of hydrogen-bond donors (Lipinski definition) is 0. The van der Waals surface area contributed by atoms with Gasteiger partial charge in [0.25, 0.3) is 0 Å². The van der Waals surface area contributed by atoms with E-state index in [4.69, 9.17) is 4.52 Å². The van der Waals surface area contributed by atoms with E-state index in [9.17, 15) is 4.79 Å². The standard InChI is InChI=1S/C19H19N3O2S/c1-13-4-6-14(7-5-13)11-22-12-15(9-18(22)23)19-20-17(24-21-19)10-16-3-2-8-25-16/h2-8,15H,9-12H2,1H3. The van der Waals surface area contributed by atoms with Crippen LogP contribution in [0, 0.1) is 6.92 Å². The number of aromatic nitrogens is 2. The van der Waals surface area contributed by atoms with Gasteiger partial charge in [0.2, 0.25) is 11.8 Å². The van der Waals surface area contributed by atoms with Crippen LogP contribution in [-0.4, -0.2) is 27.5 Å². The molecule has 4 rings (SSSR count). The van der Waals surface area contributed by atoms with E-state index in [0.29, 0.717) is 37.6 Å². The van der Waals surface area contributed by atoms with Crippen LogP contribution in [-0.2, 0) is 17.8 Å². The van der Waals surface area contributed by atoms with Gasteiger partial charge < -0.3 is 9.42 Å². The molecule has 1 atom stereocenters. The second-order valence-corrected chi connectivity index (χ2v) is 7.50. The molecule has 128 valence electrons. The highest BCUT2D eigenvalue weighted by Crippen LogP contribution is 2.28. The van der Waals surface area contributed by atoms with Gasteiger partial charge in [0, 0.05) is 30.3 Å². The van der Waals surface area contributed by atoms with Gasteiger partial charge in [-0.05, 0) is 23.9 Å². The predicted molar refractivity (Wildman–Crippen MR) is 95.4 cm³/mol. The molecule has 5 nitrogen and oxygen atoms in total. The molecular formula is C19H19N3O2S. The summed E-state index contributed by atoms with van der Waals surface area (Å²) >= 11 is 1.67. The van der Waals surface area contributed by atoms with E-state index in [1.165, 1.54) is 10.4 Å². The van der Waals surface area contributed by atoms with Crippen molar-refractivity contribution in [3.05, 3.63) is 69.5 Å². The number of rotatable bonds is 5. The molecule has 1 aromatic carbocycles. The molecule has 1 amide bonds. The molecule has 1 unspecified atom stereocenters. The maximum atomic E-state index is 12.3. The van der Waals surface area contributed by atoms with Crippen LogP contribution >= 0.6 is 11.3 Å². The third-order valence-corrected chi connectivity index (χ3v) is 5.34. The normalized spacial score (nSPS) is 17.4. The molecule has 1 aliphatic rings. The smallest absolute Gasteiger partial charge is 0.231 e. The molecule has 0 saturated carbocycles. The number of nitrogens with zero attached hydrogens (tertiary/aromatic N) is 3. The minimum Gasteiger partial charge on any atom is -0.339 e. The van der Waals surface area contributed by atoms with Crippen molar-refractivity contribution in [3.63, 3.8) is 0 Å². The Kier molecular flexibility index (Phi) is 4.36. The van der Waals surface area contributed by atoms with Crippen molar-refractivity contribution in [2.75, 3.05) is 6.54 Å². The average molecular weight is 353 g/mol. The molecule has 0 radical (unpaired) electrons. The molecule has 1 aliphatic heterocycles. The number of amides is 1. The zero-order valence-corrected chi connectivity index (χ0v) is 14.8. The third kappa shape index (κ3) is 3.64.